The number of pyridine rings is 2. The van der Waals surface area contributed by atoms with Crippen molar-refractivity contribution in [1.29, 1.82) is 0 Å². The molecule has 7 nitrogen and oxygen atoms in total. The number of anilines is 2. The third-order valence-electron chi connectivity index (χ3n) is 4.27. The van der Waals surface area contributed by atoms with Crippen LogP contribution in [0.4, 0.5) is 15.9 Å². The molecule has 8 heteroatoms. The van der Waals surface area contributed by atoms with Gasteiger partial charge in [0.15, 0.2) is 0 Å². The molecule has 0 saturated carbocycles. The molecule has 4 aromatic heterocycles. The Bertz CT molecular complexity index is 1090. The van der Waals surface area contributed by atoms with E-state index in [9.17, 15) is 4.39 Å². The average Bonchev–Trinajstić information content (AvgIpc) is 3.09. The molecule has 0 aliphatic rings. The highest BCUT2D eigenvalue weighted by atomic mass is 19.1. The molecule has 0 bridgehead atoms. The second-order valence-corrected chi connectivity index (χ2v) is 6.03. The lowest BCUT2D eigenvalue weighted by molar-refractivity contribution is 0.398. The third-order valence-corrected chi connectivity index (χ3v) is 4.27. The summed E-state index contributed by atoms with van der Waals surface area (Å²) in [4.78, 5) is 19.6. The first-order valence-corrected chi connectivity index (χ1v) is 8.34. The number of hydrogen-bond acceptors (Lipinski definition) is 6. The molecule has 0 radical (unpaired) electrons. The molecule has 27 heavy (non-hydrogen) atoms. The summed E-state index contributed by atoms with van der Waals surface area (Å²) in [5.41, 5.74) is 3.73. The molecule has 0 aromatic carbocycles. The van der Waals surface area contributed by atoms with Crippen molar-refractivity contribution in [2.24, 2.45) is 0 Å². The van der Waals surface area contributed by atoms with Gasteiger partial charge in [0.1, 0.15) is 17.8 Å². The molecule has 2 N–H and O–H groups in total. The van der Waals surface area contributed by atoms with E-state index < -0.39 is 5.95 Å². The number of fused-ring (bicyclic) bond motifs is 1. The first-order valence-electron chi connectivity index (χ1n) is 8.34. The monoisotopic (exact) mass is 364 g/mol. The third kappa shape index (κ3) is 3.41. The molecule has 0 unspecified atom stereocenters. The first-order chi connectivity index (χ1) is 13.1. The summed E-state index contributed by atoms with van der Waals surface area (Å²) in [7, 11) is 1.55. The Morgan fingerprint density at radius 1 is 1.11 bits per heavy atom. The lowest BCUT2D eigenvalue weighted by atomic mass is 10.1. The molecule has 0 amide bonds. The molecule has 0 saturated heterocycles. The fourth-order valence-electron chi connectivity index (χ4n) is 2.93. The van der Waals surface area contributed by atoms with Crippen LogP contribution >= 0.6 is 0 Å². The van der Waals surface area contributed by atoms with E-state index in [0.29, 0.717) is 29.4 Å². The van der Waals surface area contributed by atoms with E-state index in [1.165, 1.54) is 6.33 Å². The molecular formula is C19H17FN6O. The van der Waals surface area contributed by atoms with Gasteiger partial charge in [-0.3, -0.25) is 0 Å². The SMILES string of the molecule is COc1ccc(Nc2ccc(Cc3c[nH]c4ncnc(C)c34)c(F)n2)cn1. The highest BCUT2D eigenvalue weighted by Gasteiger charge is 2.12. The number of H-pyrrole nitrogens is 1. The van der Waals surface area contributed by atoms with Crippen molar-refractivity contribution in [2.45, 2.75) is 13.3 Å². The van der Waals surface area contributed by atoms with Gasteiger partial charge in [0.05, 0.1) is 24.7 Å². The van der Waals surface area contributed by atoms with E-state index in [1.54, 1.807) is 37.6 Å². The van der Waals surface area contributed by atoms with Crippen LogP contribution in [-0.4, -0.2) is 32.0 Å². The number of nitrogens with zero attached hydrogens (tertiary/aromatic N) is 4. The van der Waals surface area contributed by atoms with E-state index in [4.69, 9.17) is 4.74 Å². The van der Waals surface area contributed by atoms with Crippen molar-refractivity contribution < 1.29 is 9.13 Å². The number of rotatable bonds is 5. The highest BCUT2D eigenvalue weighted by Crippen LogP contribution is 2.24. The van der Waals surface area contributed by atoms with Gasteiger partial charge in [-0.1, -0.05) is 6.07 Å². The van der Waals surface area contributed by atoms with Crippen molar-refractivity contribution in [3.63, 3.8) is 0 Å². The molecular weight excluding hydrogens is 347 g/mol. The highest BCUT2D eigenvalue weighted by molar-refractivity contribution is 5.82. The predicted molar refractivity (Wildman–Crippen MR) is 99.7 cm³/mol. The smallest absolute Gasteiger partial charge is 0.218 e. The van der Waals surface area contributed by atoms with Crippen LogP contribution in [0.2, 0.25) is 0 Å². The zero-order valence-corrected chi connectivity index (χ0v) is 14.8. The Kier molecular flexibility index (Phi) is 4.37. The lowest BCUT2D eigenvalue weighted by Crippen LogP contribution is -2.01. The molecule has 0 aliphatic heterocycles. The van der Waals surface area contributed by atoms with Crippen LogP contribution in [0, 0.1) is 12.9 Å². The van der Waals surface area contributed by atoms with Gasteiger partial charge < -0.3 is 15.0 Å². The normalized spacial score (nSPS) is 10.9. The van der Waals surface area contributed by atoms with Crippen molar-refractivity contribution in [3.05, 3.63) is 65.8 Å². The van der Waals surface area contributed by atoms with Gasteiger partial charge in [-0.15, -0.1) is 0 Å². The maximum atomic E-state index is 14.5. The molecule has 4 heterocycles. The second kappa shape index (κ2) is 6.99. The van der Waals surface area contributed by atoms with Crippen molar-refractivity contribution in [3.8, 4) is 5.88 Å². The minimum absolute atomic E-state index is 0.400. The predicted octanol–water partition coefficient (Wildman–Crippen LogP) is 3.54. The van der Waals surface area contributed by atoms with Gasteiger partial charge in [-0.25, -0.2) is 19.9 Å². The van der Waals surface area contributed by atoms with Crippen LogP contribution < -0.4 is 10.1 Å². The Morgan fingerprint density at radius 2 is 2.00 bits per heavy atom. The van der Waals surface area contributed by atoms with Gasteiger partial charge >= 0.3 is 0 Å². The van der Waals surface area contributed by atoms with Gasteiger partial charge in [-0.2, -0.15) is 4.39 Å². The Balaban J connectivity index is 1.56. The van der Waals surface area contributed by atoms with Crippen LogP contribution in [0.1, 0.15) is 16.8 Å². The number of aryl methyl sites for hydroxylation is 1. The summed E-state index contributed by atoms with van der Waals surface area (Å²) in [6.07, 6.45) is 5.34. The maximum Gasteiger partial charge on any atom is 0.218 e. The van der Waals surface area contributed by atoms with Crippen LogP contribution in [0.25, 0.3) is 11.0 Å². The van der Waals surface area contributed by atoms with Crippen LogP contribution in [0.5, 0.6) is 5.88 Å². The number of aromatic nitrogens is 5. The standard InChI is InChI=1S/C19H17FN6O/c1-11-17-13(8-22-19(17)24-10-23-11)7-12-3-5-15(26-18(12)20)25-14-4-6-16(27-2)21-9-14/h3-6,8-10H,7H2,1-2H3,(H,25,26)(H,22,23,24). The van der Waals surface area contributed by atoms with E-state index in [1.807, 2.05) is 13.1 Å². The number of ether oxygens (including phenoxy) is 1. The molecule has 0 aliphatic carbocycles. The van der Waals surface area contributed by atoms with Crippen LogP contribution in [0.15, 0.2) is 43.0 Å². The minimum Gasteiger partial charge on any atom is -0.481 e. The van der Waals surface area contributed by atoms with Crippen LogP contribution in [-0.2, 0) is 6.42 Å². The van der Waals surface area contributed by atoms with Gasteiger partial charge in [0, 0.05) is 29.6 Å². The van der Waals surface area contributed by atoms with Gasteiger partial charge in [0.2, 0.25) is 11.8 Å². The average molecular weight is 364 g/mol. The summed E-state index contributed by atoms with van der Waals surface area (Å²) in [6.45, 7) is 1.91. The zero-order valence-electron chi connectivity index (χ0n) is 14.8. The topological polar surface area (TPSA) is 88.6 Å². The van der Waals surface area contributed by atoms with E-state index >= 15 is 0 Å². The van der Waals surface area contributed by atoms with Gasteiger partial charge in [0.25, 0.3) is 0 Å². The van der Waals surface area contributed by atoms with E-state index in [-0.39, 0.29) is 0 Å². The maximum absolute atomic E-state index is 14.5. The Morgan fingerprint density at radius 3 is 2.74 bits per heavy atom. The molecule has 0 atom stereocenters. The Hall–Kier alpha value is -3.55. The van der Waals surface area contributed by atoms with Crippen molar-refractivity contribution in [1.82, 2.24) is 24.9 Å². The molecule has 0 fully saturated rings. The second-order valence-electron chi connectivity index (χ2n) is 6.03. The number of methoxy groups -OCH3 is 1. The van der Waals surface area contributed by atoms with Crippen molar-refractivity contribution in [2.75, 3.05) is 12.4 Å². The first kappa shape index (κ1) is 16.9. The molecule has 4 aromatic rings. The number of nitrogens with one attached hydrogen (secondary N) is 2. The molecule has 136 valence electrons. The number of aromatic amines is 1. The summed E-state index contributed by atoms with van der Waals surface area (Å²) in [5.74, 6) is 0.389. The van der Waals surface area contributed by atoms with Crippen LogP contribution in [0.3, 0.4) is 0 Å². The molecule has 4 rings (SSSR count). The summed E-state index contributed by atoms with van der Waals surface area (Å²) in [5, 5.41) is 3.95. The van der Waals surface area contributed by atoms with E-state index in [0.717, 1.165) is 22.3 Å². The van der Waals surface area contributed by atoms with E-state index in [2.05, 4.69) is 30.2 Å². The minimum atomic E-state index is -0.523. The fraction of sp³-hybridized carbons (Fsp3) is 0.158. The summed E-state index contributed by atoms with van der Waals surface area (Å²) < 4.78 is 19.6. The van der Waals surface area contributed by atoms with Gasteiger partial charge in [-0.05, 0) is 24.6 Å². The molecule has 0 spiro atoms. The summed E-state index contributed by atoms with van der Waals surface area (Å²) >= 11 is 0. The number of hydrogen-bond donors (Lipinski definition) is 2. The lowest BCUT2D eigenvalue weighted by Gasteiger charge is -2.08. The Labute approximate surface area is 154 Å². The number of halogens is 1. The van der Waals surface area contributed by atoms with Crippen molar-refractivity contribution >= 4 is 22.5 Å². The largest absolute Gasteiger partial charge is 0.481 e. The fourth-order valence-corrected chi connectivity index (χ4v) is 2.93. The summed E-state index contributed by atoms with van der Waals surface area (Å²) in [6, 6.07) is 6.96. The zero-order chi connectivity index (χ0) is 18.8. The quantitative estimate of drug-likeness (QED) is 0.527.